The zero-order valence-corrected chi connectivity index (χ0v) is 34.0. The molecule has 1 heterocycles. The van der Waals surface area contributed by atoms with E-state index in [-0.39, 0.29) is 52.1 Å². The molecular weight excluding hydrogens is 645 g/mol. The van der Waals surface area contributed by atoms with E-state index in [0.29, 0.717) is 31.4 Å². The first kappa shape index (κ1) is 39.3. The fourth-order valence-corrected chi connectivity index (χ4v) is 7.00. The van der Waals surface area contributed by atoms with E-state index in [1.807, 2.05) is 13.0 Å². The van der Waals surface area contributed by atoms with Crippen LogP contribution in [0.3, 0.4) is 0 Å². The van der Waals surface area contributed by atoms with Crippen molar-refractivity contribution in [1.82, 2.24) is 0 Å². The fourth-order valence-electron chi connectivity index (χ4n) is 7.00. The number of phenols is 3. The maximum Gasteiger partial charge on any atom is 0.126 e. The third-order valence-corrected chi connectivity index (χ3v) is 10.5. The molecule has 0 fully saturated rings. The van der Waals surface area contributed by atoms with Gasteiger partial charge in [-0.2, -0.15) is 0 Å². The zero-order chi connectivity index (χ0) is 38.6. The Morgan fingerprint density at radius 1 is 0.442 bits per heavy atom. The predicted octanol–water partition coefficient (Wildman–Crippen LogP) is 11.2. The van der Waals surface area contributed by atoms with Crippen molar-refractivity contribution in [3.8, 4) is 23.0 Å². The van der Waals surface area contributed by atoms with Gasteiger partial charge in [0.05, 0.1) is 19.8 Å². The van der Waals surface area contributed by atoms with E-state index in [9.17, 15) is 15.3 Å². The van der Waals surface area contributed by atoms with Crippen molar-refractivity contribution < 1.29 is 24.8 Å². The van der Waals surface area contributed by atoms with Crippen LogP contribution in [-0.2, 0) is 58.9 Å². The van der Waals surface area contributed by atoms with Gasteiger partial charge in [-0.25, -0.2) is 0 Å². The molecule has 5 rings (SSSR count). The lowest BCUT2D eigenvalue weighted by Gasteiger charge is -2.27. The summed E-state index contributed by atoms with van der Waals surface area (Å²) in [5.41, 5.74) is 10.3. The molecule has 0 saturated heterocycles. The van der Waals surface area contributed by atoms with Crippen LogP contribution in [0.4, 0.5) is 0 Å². The smallest absolute Gasteiger partial charge is 0.126 e. The minimum atomic E-state index is -0.186. The van der Waals surface area contributed by atoms with Crippen molar-refractivity contribution in [3.63, 3.8) is 0 Å². The first-order chi connectivity index (χ1) is 24.0. The first-order valence-electron chi connectivity index (χ1n) is 18.9. The number of phenolic OH excluding ortho intramolecular Hbond substituents is 3. The Morgan fingerprint density at radius 2 is 0.692 bits per heavy atom. The monoisotopic (exact) mass is 706 g/mol. The summed E-state index contributed by atoms with van der Waals surface area (Å²) in [5, 5.41) is 35.8. The molecule has 1 aliphatic heterocycles. The van der Waals surface area contributed by atoms with Crippen molar-refractivity contribution in [1.29, 1.82) is 0 Å². The van der Waals surface area contributed by atoms with Crippen LogP contribution < -0.4 is 4.74 Å². The Labute approximate surface area is 313 Å². The Kier molecular flexibility index (Phi) is 10.7. The Morgan fingerprint density at radius 3 is 0.981 bits per heavy atom. The van der Waals surface area contributed by atoms with Crippen LogP contribution in [0.15, 0.2) is 48.5 Å². The van der Waals surface area contributed by atoms with Crippen LogP contribution in [-0.4, -0.2) is 21.9 Å². The van der Waals surface area contributed by atoms with Crippen molar-refractivity contribution >= 4 is 0 Å². The summed E-state index contributed by atoms with van der Waals surface area (Å²) in [4.78, 5) is 0. The molecule has 5 nitrogen and oxygen atoms in total. The Hall–Kier alpha value is -3.96. The molecule has 280 valence electrons. The third kappa shape index (κ3) is 8.46. The van der Waals surface area contributed by atoms with Crippen LogP contribution in [0.1, 0.15) is 157 Å². The average molecular weight is 707 g/mol. The van der Waals surface area contributed by atoms with Crippen LogP contribution in [0.5, 0.6) is 23.0 Å². The topological polar surface area (TPSA) is 79.2 Å². The Bertz CT molecular complexity index is 1950. The molecule has 5 heteroatoms. The van der Waals surface area contributed by atoms with Gasteiger partial charge in [-0.1, -0.05) is 119 Å². The average Bonchev–Trinajstić information content (AvgIpc) is 3.01. The van der Waals surface area contributed by atoms with Crippen molar-refractivity contribution in [2.45, 2.75) is 144 Å². The van der Waals surface area contributed by atoms with Crippen molar-refractivity contribution in [3.05, 3.63) is 115 Å². The molecule has 1 aliphatic rings. The standard InChI is InChI=1S/C47H62O5/c1-14-52-43-32-16-30-20-36(44(2,3)4)18-28(40(30)48)15-29-19-37(45(5,6)7)24-34(41(29)49)26-51-27-35-25-38(46(8,9)10)21-31(42(35)50)17-33(43)23-39(22-32)47(11,12)13/h18-25,48-50H,14-17,26-27H2,1-13H3. The molecule has 0 saturated carbocycles. The second-order valence-corrected chi connectivity index (χ2v) is 19.0. The maximum absolute atomic E-state index is 12.1. The summed E-state index contributed by atoms with van der Waals surface area (Å²) >= 11 is 0. The molecule has 0 radical (unpaired) electrons. The third-order valence-electron chi connectivity index (χ3n) is 10.5. The molecule has 0 aromatic heterocycles. The zero-order valence-electron chi connectivity index (χ0n) is 34.0. The number of ether oxygens (including phenoxy) is 2. The van der Waals surface area contributed by atoms with E-state index in [1.54, 1.807) is 0 Å². The fraction of sp³-hybridized carbons (Fsp3) is 0.489. The second kappa shape index (κ2) is 14.1. The predicted molar refractivity (Wildman–Crippen MR) is 214 cm³/mol. The lowest BCUT2D eigenvalue weighted by atomic mass is 9.80. The van der Waals surface area contributed by atoms with Gasteiger partial charge < -0.3 is 24.8 Å². The van der Waals surface area contributed by atoms with E-state index >= 15 is 0 Å². The van der Waals surface area contributed by atoms with Gasteiger partial charge in [-0.15, -0.1) is 0 Å². The number of rotatable bonds is 2. The molecule has 0 aliphatic carbocycles. The van der Waals surface area contributed by atoms with E-state index in [1.165, 1.54) is 0 Å². The van der Waals surface area contributed by atoms with Gasteiger partial charge in [0.1, 0.15) is 23.0 Å². The summed E-state index contributed by atoms with van der Waals surface area (Å²) in [7, 11) is 0. The molecule has 4 aromatic carbocycles. The largest absolute Gasteiger partial charge is 0.507 e. The van der Waals surface area contributed by atoms with Gasteiger partial charge in [-0.3, -0.25) is 0 Å². The van der Waals surface area contributed by atoms with Gasteiger partial charge >= 0.3 is 0 Å². The quantitative estimate of drug-likeness (QED) is 0.193. The number of benzene rings is 4. The van der Waals surface area contributed by atoms with Crippen LogP contribution in [0, 0.1) is 0 Å². The number of aromatic hydroxyl groups is 3. The summed E-state index contributed by atoms with van der Waals surface area (Å²) in [6, 6.07) is 16.9. The minimum Gasteiger partial charge on any atom is -0.507 e. The lowest BCUT2D eigenvalue weighted by molar-refractivity contribution is 0.103. The number of fused-ring (bicyclic) bond motifs is 8. The highest BCUT2D eigenvalue weighted by molar-refractivity contribution is 5.57. The van der Waals surface area contributed by atoms with E-state index in [4.69, 9.17) is 9.47 Å². The molecule has 0 atom stereocenters. The van der Waals surface area contributed by atoms with Crippen LogP contribution in [0.2, 0.25) is 0 Å². The van der Waals surface area contributed by atoms with Gasteiger partial charge in [0.25, 0.3) is 0 Å². The summed E-state index contributed by atoms with van der Waals surface area (Å²) < 4.78 is 12.9. The molecule has 8 bridgehead atoms. The maximum atomic E-state index is 12.1. The van der Waals surface area contributed by atoms with Crippen molar-refractivity contribution in [2.75, 3.05) is 6.61 Å². The summed E-state index contributed by atoms with van der Waals surface area (Å²) in [5.74, 6) is 1.41. The number of hydrogen-bond acceptors (Lipinski definition) is 5. The molecule has 0 amide bonds. The lowest BCUT2D eigenvalue weighted by Crippen LogP contribution is -2.16. The molecule has 0 spiro atoms. The first-order valence-corrected chi connectivity index (χ1v) is 18.9. The summed E-state index contributed by atoms with van der Waals surface area (Å²) in [6.45, 7) is 29.1. The highest BCUT2D eigenvalue weighted by atomic mass is 16.5. The van der Waals surface area contributed by atoms with Gasteiger partial charge in [0.15, 0.2) is 0 Å². The van der Waals surface area contributed by atoms with Crippen LogP contribution in [0.25, 0.3) is 0 Å². The minimum absolute atomic E-state index is 0.159. The van der Waals surface area contributed by atoms with Gasteiger partial charge in [-0.05, 0) is 96.4 Å². The normalized spacial score (nSPS) is 14.5. The molecule has 52 heavy (non-hydrogen) atoms. The van der Waals surface area contributed by atoms with Gasteiger partial charge in [0, 0.05) is 30.4 Å². The number of hydrogen-bond donors (Lipinski definition) is 3. The van der Waals surface area contributed by atoms with E-state index < -0.39 is 0 Å². The molecular formula is C47H62O5. The van der Waals surface area contributed by atoms with E-state index in [2.05, 4.69) is 126 Å². The molecule has 4 aromatic rings. The Balaban J connectivity index is 1.86. The van der Waals surface area contributed by atoms with Crippen LogP contribution >= 0.6 is 0 Å². The SMILES string of the molecule is CCOc1c2cc(C(C)(C)C)cc1Cc1cc(C(C)(C)C)cc(c1O)Cc1cc(C(C)(C)C)cc(c1O)COCc1cc(C(C)(C)C)cc(c1O)C2. The highest BCUT2D eigenvalue weighted by Crippen LogP contribution is 2.42. The second-order valence-electron chi connectivity index (χ2n) is 19.0. The highest BCUT2D eigenvalue weighted by Gasteiger charge is 2.27. The van der Waals surface area contributed by atoms with Gasteiger partial charge in [0.2, 0.25) is 0 Å². The van der Waals surface area contributed by atoms with E-state index in [0.717, 1.165) is 66.9 Å². The van der Waals surface area contributed by atoms with Crippen molar-refractivity contribution in [2.24, 2.45) is 0 Å². The molecule has 3 N–H and O–H groups in total. The molecule has 0 unspecified atom stereocenters. The summed E-state index contributed by atoms with van der Waals surface area (Å²) in [6.07, 6.45) is 1.28.